The van der Waals surface area contributed by atoms with Crippen LogP contribution >= 0.6 is 0 Å². The van der Waals surface area contributed by atoms with E-state index in [4.69, 9.17) is 5.73 Å². The first kappa shape index (κ1) is 11.9. The van der Waals surface area contributed by atoms with Crippen LogP contribution in [-0.2, 0) is 0 Å². The van der Waals surface area contributed by atoms with Crippen LogP contribution < -0.4 is 5.73 Å². The monoisotopic (exact) mass is 172 g/mol. The first-order valence-electron chi connectivity index (χ1n) is 4.76. The van der Waals surface area contributed by atoms with E-state index in [1.54, 1.807) is 0 Å². The lowest BCUT2D eigenvalue weighted by Gasteiger charge is -2.29. The molecule has 0 saturated heterocycles. The maximum atomic E-state index is 5.66. The topological polar surface area (TPSA) is 29.3 Å². The Morgan fingerprint density at radius 1 is 1.33 bits per heavy atom. The largest absolute Gasteiger partial charge is 0.330 e. The van der Waals surface area contributed by atoms with Gasteiger partial charge < -0.3 is 10.6 Å². The minimum Gasteiger partial charge on any atom is -0.330 e. The van der Waals surface area contributed by atoms with Gasteiger partial charge >= 0.3 is 0 Å². The minimum absolute atomic E-state index is 0.254. The summed E-state index contributed by atoms with van der Waals surface area (Å²) in [5, 5.41) is 0. The molecule has 0 aromatic heterocycles. The van der Waals surface area contributed by atoms with Crippen LogP contribution in [-0.4, -0.2) is 31.6 Å². The average molecular weight is 172 g/mol. The third-order valence-corrected chi connectivity index (χ3v) is 1.93. The Morgan fingerprint density at radius 3 is 2.17 bits per heavy atom. The van der Waals surface area contributed by atoms with E-state index < -0.39 is 0 Å². The lowest BCUT2D eigenvalue weighted by atomic mass is 9.93. The van der Waals surface area contributed by atoms with E-state index in [1.807, 2.05) is 0 Å². The summed E-state index contributed by atoms with van der Waals surface area (Å²) >= 11 is 0. The van der Waals surface area contributed by atoms with Crippen LogP contribution in [0.5, 0.6) is 0 Å². The molecule has 12 heavy (non-hydrogen) atoms. The number of nitrogens with zero attached hydrogens (tertiary/aromatic N) is 1. The first-order valence-corrected chi connectivity index (χ1v) is 4.76. The molecule has 2 nitrogen and oxygen atoms in total. The summed E-state index contributed by atoms with van der Waals surface area (Å²) in [6, 6.07) is 0. The van der Waals surface area contributed by atoms with Gasteiger partial charge in [-0.25, -0.2) is 0 Å². The van der Waals surface area contributed by atoms with Crippen molar-refractivity contribution in [3.63, 3.8) is 0 Å². The van der Waals surface area contributed by atoms with Gasteiger partial charge in [0.15, 0.2) is 0 Å². The van der Waals surface area contributed by atoms with Crippen molar-refractivity contribution < 1.29 is 0 Å². The van der Waals surface area contributed by atoms with Gasteiger partial charge in [0.25, 0.3) is 0 Å². The zero-order valence-electron chi connectivity index (χ0n) is 9.22. The normalized spacial score (nSPS) is 13.0. The molecule has 0 aliphatic rings. The Hall–Kier alpha value is -0.0800. The number of hydrogen-bond donors (Lipinski definition) is 1. The second-order valence-corrected chi connectivity index (χ2v) is 4.96. The van der Waals surface area contributed by atoms with Gasteiger partial charge in [-0.05, 0) is 24.9 Å². The third kappa shape index (κ3) is 5.56. The molecule has 0 unspecified atom stereocenters. The SMILES string of the molecule is CC(C)CN(C)CC(C)(C)CN. The van der Waals surface area contributed by atoms with Gasteiger partial charge in [-0.3, -0.25) is 0 Å². The molecule has 0 aliphatic carbocycles. The average Bonchev–Trinajstić information content (AvgIpc) is 1.84. The maximum Gasteiger partial charge on any atom is 0.00418 e. The minimum atomic E-state index is 0.254. The Labute approximate surface area is 77.1 Å². The number of nitrogens with two attached hydrogens (primary N) is 1. The Morgan fingerprint density at radius 2 is 1.83 bits per heavy atom. The third-order valence-electron chi connectivity index (χ3n) is 1.93. The molecule has 0 saturated carbocycles. The highest BCUT2D eigenvalue weighted by atomic mass is 15.1. The Kier molecular flexibility index (Phi) is 4.80. The molecule has 0 aromatic carbocycles. The fourth-order valence-electron chi connectivity index (χ4n) is 1.48. The molecule has 0 radical (unpaired) electrons. The van der Waals surface area contributed by atoms with Crippen LogP contribution in [0.4, 0.5) is 0 Å². The van der Waals surface area contributed by atoms with Gasteiger partial charge in [0.1, 0.15) is 0 Å². The van der Waals surface area contributed by atoms with Crippen molar-refractivity contribution in [2.75, 3.05) is 26.7 Å². The van der Waals surface area contributed by atoms with Crippen molar-refractivity contribution in [1.29, 1.82) is 0 Å². The molecule has 0 atom stereocenters. The first-order chi connectivity index (χ1) is 5.37. The lowest BCUT2D eigenvalue weighted by molar-refractivity contribution is 0.199. The molecule has 2 heteroatoms. The lowest BCUT2D eigenvalue weighted by Crippen LogP contribution is -2.38. The quantitative estimate of drug-likeness (QED) is 0.682. The molecule has 0 rings (SSSR count). The second-order valence-electron chi connectivity index (χ2n) is 4.96. The molecule has 0 aromatic rings. The summed E-state index contributed by atoms with van der Waals surface area (Å²) in [5.74, 6) is 0.739. The molecule has 0 spiro atoms. The second kappa shape index (κ2) is 4.83. The standard InChI is InChI=1S/C10H24N2/c1-9(2)6-12(5)8-10(3,4)7-11/h9H,6-8,11H2,1-5H3. The maximum absolute atomic E-state index is 5.66. The van der Waals surface area contributed by atoms with Gasteiger partial charge in [0.05, 0.1) is 0 Å². The molecular weight excluding hydrogens is 148 g/mol. The van der Waals surface area contributed by atoms with Crippen LogP contribution in [0, 0.1) is 11.3 Å². The fourth-order valence-corrected chi connectivity index (χ4v) is 1.48. The Bertz CT molecular complexity index is 119. The van der Waals surface area contributed by atoms with Crippen LogP contribution in [0.3, 0.4) is 0 Å². The van der Waals surface area contributed by atoms with Crippen LogP contribution in [0.1, 0.15) is 27.7 Å². The van der Waals surface area contributed by atoms with E-state index in [0.717, 1.165) is 25.6 Å². The molecule has 0 heterocycles. The van der Waals surface area contributed by atoms with Crippen molar-refractivity contribution in [2.45, 2.75) is 27.7 Å². The van der Waals surface area contributed by atoms with E-state index in [2.05, 4.69) is 39.6 Å². The highest BCUT2D eigenvalue weighted by Gasteiger charge is 2.17. The molecular formula is C10H24N2. The van der Waals surface area contributed by atoms with Crippen LogP contribution in [0.25, 0.3) is 0 Å². The summed E-state index contributed by atoms with van der Waals surface area (Å²) in [6.07, 6.45) is 0. The van der Waals surface area contributed by atoms with Crippen LogP contribution in [0.15, 0.2) is 0 Å². The zero-order chi connectivity index (χ0) is 9.78. The molecule has 0 aliphatic heterocycles. The van der Waals surface area contributed by atoms with E-state index in [1.165, 1.54) is 0 Å². The smallest absolute Gasteiger partial charge is 0.00418 e. The van der Waals surface area contributed by atoms with E-state index in [0.29, 0.717) is 0 Å². The summed E-state index contributed by atoms with van der Waals surface area (Å²) in [5.41, 5.74) is 5.91. The highest BCUT2D eigenvalue weighted by molar-refractivity contribution is 4.73. The van der Waals surface area contributed by atoms with Gasteiger partial charge in [-0.2, -0.15) is 0 Å². The molecule has 0 bridgehead atoms. The summed E-state index contributed by atoms with van der Waals surface area (Å²) in [7, 11) is 2.16. The molecule has 0 amide bonds. The van der Waals surface area contributed by atoms with E-state index in [-0.39, 0.29) is 5.41 Å². The Balaban J connectivity index is 3.75. The predicted octanol–water partition coefficient (Wildman–Crippen LogP) is 1.56. The summed E-state index contributed by atoms with van der Waals surface area (Å²) in [6.45, 7) is 11.9. The van der Waals surface area contributed by atoms with Gasteiger partial charge in [-0.1, -0.05) is 27.7 Å². The molecule has 0 fully saturated rings. The van der Waals surface area contributed by atoms with Crippen LogP contribution in [0.2, 0.25) is 0 Å². The van der Waals surface area contributed by atoms with Crippen molar-refractivity contribution in [2.24, 2.45) is 17.1 Å². The van der Waals surface area contributed by atoms with Crippen molar-refractivity contribution in [1.82, 2.24) is 4.90 Å². The van der Waals surface area contributed by atoms with Gasteiger partial charge in [-0.15, -0.1) is 0 Å². The van der Waals surface area contributed by atoms with Crippen molar-refractivity contribution in [3.8, 4) is 0 Å². The fraction of sp³-hybridized carbons (Fsp3) is 1.00. The van der Waals surface area contributed by atoms with Gasteiger partial charge in [0, 0.05) is 13.1 Å². The zero-order valence-corrected chi connectivity index (χ0v) is 9.22. The van der Waals surface area contributed by atoms with Crippen molar-refractivity contribution >= 4 is 0 Å². The number of hydrogen-bond acceptors (Lipinski definition) is 2. The van der Waals surface area contributed by atoms with E-state index in [9.17, 15) is 0 Å². The predicted molar refractivity (Wildman–Crippen MR) is 55.2 cm³/mol. The molecule has 74 valence electrons. The summed E-state index contributed by atoms with van der Waals surface area (Å²) in [4.78, 5) is 2.36. The van der Waals surface area contributed by atoms with E-state index >= 15 is 0 Å². The number of rotatable bonds is 5. The highest BCUT2D eigenvalue weighted by Crippen LogP contribution is 2.14. The van der Waals surface area contributed by atoms with Gasteiger partial charge in [0.2, 0.25) is 0 Å². The summed E-state index contributed by atoms with van der Waals surface area (Å²) < 4.78 is 0. The molecule has 2 N–H and O–H groups in total. The van der Waals surface area contributed by atoms with Crippen molar-refractivity contribution in [3.05, 3.63) is 0 Å².